The van der Waals surface area contributed by atoms with E-state index < -0.39 is 0 Å². The highest BCUT2D eigenvalue weighted by Gasteiger charge is 2.04. The van der Waals surface area contributed by atoms with Crippen molar-refractivity contribution in [3.63, 3.8) is 0 Å². The van der Waals surface area contributed by atoms with Crippen molar-refractivity contribution in [2.24, 2.45) is 0 Å². The zero-order chi connectivity index (χ0) is 14.4. The van der Waals surface area contributed by atoms with Gasteiger partial charge >= 0.3 is 0 Å². The van der Waals surface area contributed by atoms with Crippen molar-refractivity contribution in [3.8, 4) is 11.8 Å². The van der Waals surface area contributed by atoms with E-state index in [9.17, 15) is 0 Å². The normalized spacial score (nSPS) is 10.1. The Hall–Kier alpha value is -2.02. The van der Waals surface area contributed by atoms with Gasteiger partial charge in [-0.1, -0.05) is 29.8 Å². The minimum atomic E-state index is 0.453. The minimum absolute atomic E-state index is 0.453. The number of benzene rings is 2. The molecule has 0 fully saturated rings. The molecule has 0 saturated heterocycles. The van der Waals surface area contributed by atoms with Crippen LogP contribution in [0, 0.1) is 11.3 Å². The van der Waals surface area contributed by atoms with Crippen LogP contribution in [0.5, 0.6) is 5.75 Å². The highest BCUT2D eigenvalue weighted by molar-refractivity contribution is 6.30. The Labute approximate surface area is 123 Å². The molecule has 20 heavy (non-hydrogen) atoms. The van der Waals surface area contributed by atoms with Gasteiger partial charge in [0.05, 0.1) is 25.9 Å². The molecular weight excluding hydrogens is 274 g/mol. The number of rotatable bonds is 5. The predicted molar refractivity (Wildman–Crippen MR) is 77.7 cm³/mol. The van der Waals surface area contributed by atoms with Crippen molar-refractivity contribution in [2.75, 3.05) is 7.11 Å². The van der Waals surface area contributed by atoms with Crippen LogP contribution < -0.4 is 4.74 Å². The molecule has 2 aromatic rings. The summed E-state index contributed by atoms with van der Waals surface area (Å²) in [6, 6.07) is 15.1. The zero-order valence-corrected chi connectivity index (χ0v) is 11.9. The van der Waals surface area contributed by atoms with Crippen LogP contribution >= 0.6 is 11.6 Å². The van der Waals surface area contributed by atoms with Crippen LogP contribution in [-0.2, 0) is 18.0 Å². The van der Waals surface area contributed by atoms with Gasteiger partial charge in [-0.15, -0.1) is 0 Å². The fourth-order valence-corrected chi connectivity index (χ4v) is 2.04. The molecule has 0 radical (unpaired) electrons. The average molecular weight is 288 g/mol. The quantitative estimate of drug-likeness (QED) is 0.836. The van der Waals surface area contributed by atoms with Crippen LogP contribution in [0.25, 0.3) is 0 Å². The Morgan fingerprint density at radius 3 is 2.50 bits per heavy atom. The smallest absolute Gasteiger partial charge is 0.136 e. The predicted octanol–water partition coefficient (Wildman–Crippen LogP) is 3.94. The van der Waals surface area contributed by atoms with Crippen molar-refractivity contribution in [1.29, 1.82) is 5.26 Å². The Bertz CT molecular complexity index is 635. The number of hydrogen-bond acceptors (Lipinski definition) is 3. The Morgan fingerprint density at radius 1 is 1.10 bits per heavy atom. The molecule has 0 saturated carbocycles. The molecule has 0 spiro atoms. The maximum absolute atomic E-state index is 8.92. The third kappa shape index (κ3) is 3.74. The summed E-state index contributed by atoms with van der Waals surface area (Å²) < 4.78 is 10.8. The number of methoxy groups -OCH3 is 1. The van der Waals surface area contributed by atoms with Crippen molar-refractivity contribution < 1.29 is 9.47 Å². The van der Waals surface area contributed by atoms with Crippen molar-refractivity contribution >= 4 is 11.6 Å². The lowest BCUT2D eigenvalue weighted by Gasteiger charge is -2.08. The Kier molecular flexibility index (Phi) is 5.00. The lowest BCUT2D eigenvalue weighted by Crippen LogP contribution is -1.96. The zero-order valence-electron chi connectivity index (χ0n) is 11.1. The Morgan fingerprint density at radius 2 is 1.85 bits per heavy atom. The number of nitrogens with zero attached hydrogens (tertiary/aromatic N) is 1. The molecule has 2 aromatic carbocycles. The van der Waals surface area contributed by atoms with Gasteiger partial charge < -0.3 is 9.47 Å². The maximum Gasteiger partial charge on any atom is 0.136 e. The average Bonchev–Trinajstić information content (AvgIpc) is 2.47. The summed E-state index contributed by atoms with van der Waals surface area (Å²) in [5.74, 6) is 0.566. The molecule has 0 unspecified atom stereocenters. The first-order valence-electron chi connectivity index (χ1n) is 6.12. The number of ether oxygens (including phenoxy) is 2. The third-order valence-electron chi connectivity index (χ3n) is 2.81. The van der Waals surface area contributed by atoms with Gasteiger partial charge in [-0.25, -0.2) is 0 Å². The van der Waals surface area contributed by atoms with Crippen LogP contribution in [0.15, 0.2) is 42.5 Å². The summed E-state index contributed by atoms with van der Waals surface area (Å²) in [5.41, 5.74) is 2.51. The SMILES string of the molecule is COc1cc(COCc2cccc(Cl)c2)ccc1C#N. The standard InChI is InChI=1S/C16H14ClNO2/c1-19-16-8-13(5-6-14(16)9-18)11-20-10-12-3-2-4-15(17)7-12/h2-8H,10-11H2,1H3. The summed E-state index contributed by atoms with van der Waals surface area (Å²) >= 11 is 5.91. The fourth-order valence-electron chi connectivity index (χ4n) is 1.83. The molecule has 102 valence electrons. The van der Waals surface area contributed by atoms with Crippen molar-refractivity contribution in [2.45, 2.75) is 13.2 Å². The van der Waals surface area contributed by atoms with Crippen molar-refractivity contribution in [1.82, 2.24) is 0 Å². The van der Waals surface area contributed by atoms with Gasteiger partial charge in [-0.05, 0) is 35.4 Å². The van der Waals surface area contributed by atoms with Crippen LogP contribution in [0.4, 0.5) is 0 Å². The summed E-state index contributed by atoms with van der Waals surface area (Å²) in [6.07, 6.45) is 0. The van der Waals surface area contributed by atoms with Crippen LogP contribution in [-0.4, -0.2) is 7.11 Å². The molecule has 0 aromatic heterocycles. The van der Waals surface area contributed by atoms with E-state index in [1.807, 2.05) is 36.4 Å². The highest BCUT2D eigenvalue weighted by atomic mass is 35.5. The minimum Gasteiger partial charge on any atom is -0.495 e. The summed E-state index contributed by atoms with van der Waals surface area (Å²) in [4.78, 5) is 0. The van der Waals surface area contributed by atoms with Gasteiger partial charge in [-0.2, -0.15) is 5.26 Å². The van der Waals surface area contributed by atoms with Gasteiger partial charge in [0.15, 0.2) is 0 Å². The second kappa shape index (κ2) is 6.95. The first-order chi connectivity index (χ1) is 9.72. The van der Waals surface area contributed by atoms with Crippen LogP contribution in [0.2, 0.25) is 5.02 Å². The topological polar surface area (TPSA) is 42.2 Å². The maximum atomic E-state index is 8.92. The third-order valence-corrected chi connectivity index (χ3v) is 3.05. The largest absolute Gasteiger partial charge is 0.495 e. The monoisotopic (exact) mass is 287 g/mol. The molecule has 4 heteroatoms. The second-order valence-corrected chi connectivity index (χ2v) is 4.71. The first-order valence-corrected chi connectivity index (χ1v) is 6.50. The van der Waals surface area contributed by atoms with E-state index in [0.29, 0.717) is 29.5 Å². The molecule has 0 aliphatic rings. The molecule has 0 bridgehead atoms. The molecule has 3 nitrogen and oxygen atoms in total. The fraction of sp³-hybridized carbons (Fsp3) is 0.188. The molecule has 0 aliphatic carbocycles. The molecule has 0 aliphatic heterocycles. The van der Waals surface area contributed by atoms with E-state index in [4.69, 9.17) is 26.3 Å². The van der Waals surface area contributed by atoms with Gasteiger partial charge in [0.1, 0.15) is 11.8 Å². The van der Waals surface area contributed by atoms with Crippen LogP contribution in [0.3, 0.4) is 0 Å². The summed E-state index contributed by atoms with van der Waals surface area (Å²) in [7, 11) is 1.55. The number of nitriles is 1. The molecular formula is C16H14ClNO2. The van der Waals surface area contributed by atoms with Crippen molar-refractivity contribution in [3.05, 3.63) is 64.2 Å². The van der Waals surface area contributed by atoms with E-state index in [-0.39, 0.29) is 0 Å². The molecule has 0 atom stereocenters. The molecule has 0 heterocycles. The summed E-state index contributed by atoms with van der Waals surface area (Å²) in [5, 5.41) is 9.62. The molecule has 0 amide bonds. The van der Waals surface area contributed by atoms with E-state index in [0.717, 1.165) is 11.1 Å². The van der Waals surface area contributed by atoms with E-state index in [1.54, 1.807) is 13.2 Å². The molecule has 2 rings (SSSR count). The lowest BCUT2D eigenvalue weighted by atomic mass is 10.1. The van der Waals surface area contributed by atoms with E-state index >= 15 is 0 Å². The Balaban J connectivity index is 1.96. The van der Waals surface area contributed by atoms with Crippen LogP contribution in [0.1, 0.15) is 16.7 Å². The van der Waals surface area contributed by atoms with E-state index in [1.165, 1.54) is 0 Å². The first kappa shape index (κ1) is 14.4. The van der Waals surface area contributed by atoms with Gasteiger partial charge in [0, 0.05) is 5.02 Å². The number of hydrogen-bond donors (Lipinski definition) is 0. The van der Waals surface area contributed by atoms with Gasteiger partial charge in [0.2, 0.25) is 0 Å². The van der Waals surface area contributed by atoms with Gasteiger partial charge in [-0.3, -0.25) is 0 Å². The van der Waals surface area contributed by atoms with E-state index in [2.05, 4.69) is 6.07 Å². The highest BCUT2D eigenvalue weighted by Crippen LogP contribution is 2.20. The van der Waals surface area contributed by atoms with Gasteiger partial charge in [0.25, 0.3) is 0 Å². The summed E-state index contributed by atoms with van der Waals surface area (Å²) in [6.45, 7) is 0.942. The number of halogens is 1. The second-order valence-electron chi connectivity index (χ2n) is 4.27. The lowest BCUT2D eigenvalue weighted by molar-refractivity contribution is 0.107. The molecule has 0 N–H and O–H groups in total.